The normalized spacial score (nSPS) is 10.3. The summed E-state index contributed by atoms with van der Waals surface area (Å²) in [4.78, 5) is 16.9. The summed E-state index contributed by atoms with van der Waals surface area (Å²) in [5.74, 6) is 1.79. The zero-order valence-electron chi connectivity index (χ0n) is 17.1. The van der Waals surface area contributed by atoms with Gasteiger partial charge in [0.05, 0.1) is 14.2 Å². The lowest BCUT2D eigenvalue weighted by Crippen LogP contribution is -2.13. The van der Waals surface area contributed by atoms with Gasteiger partial charge in [0, 0.05) is 24.0 Å². The number of aromatic nitrogens is 1. The third-order valence-corrected chi connectivity index (χ3v) is 4.71. The molecule has 1 amide bonds. The summed E-state index contributed by atoms with van der Waals surface area (Å²) in [6.07, 6.45) is 1.62. The second kappa shape index (κ2) is 9.10. The summed E-state index contributed by atoms with van der Waals surface area (Å²) in [7, 11) is 3.21. The largest absolute Gasteiger partial charge is 0.493 e. The number of ether oxygens (including phenoxy) is 2. The van der Waals surface area contributed by atoms with E-state index in [-0.39, 0.29) is 5.91 Å². The van der Waals surface area contributed by atoms with Gasteiger partial charge >= 0.3 is 0 Å². The van der Waals surface area contributed by atoms with Gasteiger partial charge in [-0.05, 0) is 66.9 Å². The van der Waals surface area contributed by atoms with E-state index in [0.29, 0.717) is 29.4 Å². The maximum atomic E-state index is 12.6. The quantitative estimate of drug-likeness (QED) is 0.617. The van der Waals surface area contributed by atoms with Gasteiger partial charge in [0.1, 0.15) is 5.82 Å². The molecule has 1 heterocycles. The molecule has 3 rings (SSSR count). The first-order chi connectivity index (χ1) is 14.0. The molecule has 0 unspecified atom stereocenters. The number of nitrogens with zero attached hydrogens (tertiary/aromatic N) is 1. The molecule has 3 aromatic rings. The molecule has 0 radical (unpaired) electrons. The maximum absolute atomic E-state index is 12.6. The summed E-state index contributed by atoms with van der Waals surface area (Å²) in [5.41, 5.74) is 4.64. The molecule has 0 fully saturated rings. The minimum Gasteiger partial charge on any atom is -0.493 e. The number of rotatable bonds is 7. The van der Waals surface area contributed by atoms with Crippen molar-refractivity contribution in [2.45, 2.75) is 20.4 Å². The van der Waals surface area contributed by atoms with Gasteiger partial charge in [-0.3, -0.25) is 4.79 Å². The average Bonchev–Trinajstić information content (AvgIpc) is 2.74. The first-order valence-electron chi connectivity index (χ1n) is 9.29. The molecule has 0 bridgehead atoms. The van der Waals surface area contributed by atoms with Gasteiger partial charge in [-0.25, -0.2) is 4.98 Å². The van der Waals surface area contributed by atoms with Crippen molar-refractivity contribution >= 4 is 17.4 Å². The molecule has 0 atom stereocenters. The Balaban J connectivity index is 1.67. The molecule has 1 aromatic heterocycles. The van der Waals surface area contributed by atoms with Crippen LogP contribution in [0.3, 0.4) is 0 Å². The highest BCUT2D eigenvalue weighted by molar-refractivity contribution is 6.04. The summed E-state index contributed by atoms with van der Waals surface area (Å²) in [6.45, 7) is 4.60. The average molecular weight is 391 g/mol. The van der Waals surface area contributed by atoms with Gasteiger partial charge in [-0.15, -0.1) is 0 Å². The number of methoxy groups -OCH3 is 2. The molecule has 2 N–H and O–H groups in total. The number of nitrogens with one attached hydrogen (secondary N) is 2. The Morgan fingerprint density at radius 3 is 2.45 bits per heavy atom. The van der Waals surface area contributed by atoms with E-state index in [1.807, 2.05) is 50.2 Å². The number of pyridine rings is 1. The Kier molecular flexibility index (Phi) is 6.34. The molecule has 0 aliphatic carbocycles. The van der Waals surface area contributed by atoms with Crippen LogP contribution in [0.25, 0.3) is 0 Å². The van der Waals surface area contributed by atoms with Crippen LogP contribution in [-0.4, -0.2) is 25.1 Å². The van der Waals surface area contributed by atoms with E-state index >= 15 is 0 Å². The van der Waals surface area contributed by atoms with Gasteiger partial charge in [-0.2, -0.15) is 0 Å². The molecule has 29 heavy (non-hydrogen) atoms. The summed E-state index contributed by atoms with van der Waals surface area (Å²) in [6, 6.07) is 15.0. The van der Waals surface area contributed by atoms with Crippen LogP contribution in [0.15, 0.2) is 54.7 Å². The van der Waals surface area contributed by atoms with E-state index in [2.05, 4.69) is 15.6 Å². The summed E-state index contributed by atoms with van der Waals surface area (Å²) >= 11 is 0. The van der Waals surface area contributed by atoms with Crippen molar-refractivity contribution in [2.24, 2.45) is 0 Å². The molecule has 0 saturated carbocycles. The standard InChI is InChI=1S/C23H25N3O3/c1-15-5-7-19(11-16(15)2)26-23(27)18-9-10-24-22(13-18)25-14-17-6-8-20(28-3)21(12-17)29-4/h5-13H,14H2,1-4H3,(H,24,25)(H,26,27). The fourth-order valence-electron chi connectivity index (χ4n) is 2.87. The van der Waals surface area contributed by atoms with E-state index in [4.69, 9.17) is 9.47 Å². The van der Waals surface area contributed by atoms with Crippen LogP contribution in [0.2, 0.25) is 0 Å². The van der Waals surface area contributed by atoms with E-state index < -0.39 is 0 Å². The zero-order valence-corrected chi connectivity index (χ0v) is 17.1. The number of carbonyl (C=O) groups is 1. The highest BCUT2D eigenvalue weighted by Gasteiger charge is 2.09. The van der Waals surface area contributed by atoms with Gasteiger partial charge in [0.15, 0.2) is 11.5 Å². The third-order valence-electron chi connectivity index (χ3n) is 4.71. The molecule has 0 saturated heterocycles. The number of amides is 1. The third kappa shape index (κ3) is 5.04. The van der Waals surface area contributed by atoms with E-state index in [1.165, 1.54) is 5.56 Å². The SMILES string of the molecule is COc1ccc(CNc2cc(C(=O)Nc3ccc(C)c(C)c3)ccn2)cc1OC. The van der Waals surface area contributed by atoms with E-state index in [1.54, 1.807) is 32.5 Å². The first kappa shape index (κ1) is 20.2. The van der Waals surface area contributed by atoms with Crippen LogP contribution < -0.4 is 20.1 Å². The Bertz CT molecular complexity index is 1020. The van der Waals surface area contributed by atoms with Crippen molar-refractivity contribution in [3.05, 3.63) is 77.0 Å². The van der Waals surface area contributed by atoms with Crippen LogP contribution in [-0.2, 0) is 6.54 Å². The zero-order chi connectivity index (χ0) is 20.8. The lowest BCUT2D eigenvalue weighted by atomic mass is 10.1. The van der Waals surface area contributed by atoms with E-state index in [0.717, 1.165) is 16.8 Å². The highest BCUT2D eigenvalue weighted by atomic mass is 16.5. The minimum absolute atomic E-state index is 0.176. The number of benzene rings is 2. The molecular weight excluding hydrogens is 366 g/mol. The Morgan fingerprint density at radius 1 is 0.931 bits per heavy atom. The van der Waals surface area contributed by atoms with Crippen molar-refractivity contribution < 1.29 is 14.3 Å². The first-order valence-corrected chi connectivity index (χ1v) is 9.29. The number of hydrogen-bond donors (Lipinski definition) is 2. The molecule has 0 aliphatic heterocycles. The fourth-order valence-corrected chi connectivity index (χ4v) is 2.87. The van der Waals surface area contributed by atoms with Crippen molar-refractivity contribution in [1.29, 1.82) is 0 Å². The number of carbonyl (C=O) groups excluding carboxylic acids is 1. The number of hydrogen-bond acceptors (Lipinski definition) is 5. The predicted molar refractivity (Wildman–Crippen MR) is 115 cm³/mol. The maximum Gasteiger partial charge on any atom is 0.255 e. The monoisotopic (exact) mass is 391 g/mol. The van der Waals surface area contributed by atoms with Gasteiger partial charge in [-0.1, -0.05) is 12.1 Å². The van der Waals surface area contributed by atoms with Crippen LogP contribution in [0.1, 0.15) is 27.0 Å². The Hall–Kier alpha value is -3.54. The molecule has 6 nitrogen and oxygen atoms in total. The number of aryl methyl sites for hydroxylation is 2. The van der Waals surface area contributed by atoms with Crippen molar-refractivity contribution in [1.82, 2.24) is 4.98 Å². The van der Waals surface area contributed by atoms with Crippen LogP contribution in [0, 0.1) is 13.8 Å². The molecule has 0 aliphatic rings. The Labute approximate surface area is 170 Å². The lowest BCUT2D eigenvalue weighted by molar-refractivity contribution is 0.102. The number of anilines is 2. The lowest BCUT2D eigenvalue weighted by Gasteiger charge is -2.11. The molecular formula is C23H25N3O3. The molecule has 6 heteroatoms. The molecule has 150 valence electrons. The predicted octanol–water partition coefficient (Wildman–Crippen LogP) is 4.58. The van der Waals surface area contributed by atoms with Gasteiger partial charge in [0.25, 0.3) is 5.91 Å². The Morgan fingerprint density at radius 2 is 1.72 bits per heavy atom. The van der Waals surface area contributed by atoms with Crippen LogP contribution >= 0.6 is 0 Å². The minimum atomic E-state index is -0.176. The molecule has 2 aromatic carbocycles. The van der Waals surface area contributed by atoms with Crippen LogP contribution in [0.5, 0.6) is 11.5 Å². The van der Waals surface area contributed by atoms with Crippen molar-refractivity contribution in [2.75, 3.05) is 24.9 Å². The molecule has 0 spiro atoms. The smallest absolute Gasteiger partial charge is 0.255 e. The van der Waals surface area contributed by atoms with E-state index in [9.17, 15) is 4.79 Å². The van der Waals surface area contributed by atoms with Crippen LogP contribution in [0.4, 0.5) is 11.5 Å². The second-order valence-corrected chi connectivity index (χ2v) is 6.73. The second-order valence-electron chi connectivity index (χ2n) is 6.73. The highest BCUT2D eigenvalue weighted by Crippen LogP contribution is 2.27. The topological polar surface area (TPSA) is 72.5 Å². The van der Waals surface area contributed by atoms with Crippen molar-refractivity contribution in [3.8, 4) is 11.5 Å². The van der Waals surface area contributed by atoms with Gasteiger partial charge in [0.2, 0.25) is 0 Å². The van der Waals surface area contributed by atoms with Gasteiger partial charge < -0.3 is 20.1 Å². The summed E-state index contributed by atoms with van der Waals surface area (Å²) < 4.78 is 10.6. The fraction of sp³-hybridized carbons (Fsp3) is 0.217. The van der Waals surface area contributed by atoms with Crippen molar-refractivity contribution in [3.63, 3.8) is 0 Å². The summed E-state index contributed by atoms with van der Waals surface area (Å²) in [5, 5.41) is 6.17.